The van der Waals surface area contributed by atoms with Gasteiger partial charge in [0.15, 0.2) is 37.5 Å². The number of rotatable bonds is 39. The molecule has 3 aliphatic carbocycles. The first-order valence-corrected chi connectivity index (χ1v) is 47.7. The number of fused-ring (bicyclic) bond motifs is 4. The van der Waals surface area contributed by atoms with Crippen molar-refractivity contribution in [2.24, 2.45) is 0 Å². The number of ether oxygens (including phenoxy) is 14. The molecule has 0 fully saturated rings. The number of benzene rings is 7. The first kappa shape index (κ1) is 120. The third kappa shape index (κ3) is 31.3. The molecule has 0 aromatic heterocycles. The molecule has 0 amide bonds. The summed E-state index contributed by atoms with van der Waals surface area (Å²) in [5.41, 5.74) is -0.505. The van der Waals surface area contributed by atoms with Crippen molar-refractivity contribution in [3.63, 3.8) is 0 Å². The number of ketones is 2. The Balaban J connectivity index is 0.000000312. The van der Waals surface area contributed by atoms with Crippen molar-refractivity contribution < 1.29 is 139 Å². The van der Waals surface area contributed by atoms with E-state index in [0.29, 0.717) is 53.8 Å². The van der Waals surface area contributed by atoms with E-state index >= 15 is 0 Å². The standard InChI is InChI=1S/C43H63BrN2O12.C39H32Cl4N2O14.C19H16Cl4O3.CH4/c1-39(2,3)54-34(47)24-45(25-35(48)55-40(4,5)6)30-18-16-17-19-32(30)52-20-21-53-33-23-29(44)28(38(51)58-43(13,14)15)22-31(33)46(26-36(49)56-41(7,8)9)27-37(50)57-42(10,11)12;1-39(2)33-21(9-23(40)37(53)35(33)42)32(22-10-24(41)38(54)36(43)34(22)39)20-11-29(26(12-28(20)59-19-48)45(14-31(51)52)16-56-18-47)58-8-7-57-27-6-4-3-5-25(27)44(13-30(49)50)15-55-17-46;1-8-11(20)5-9-13(15(8)22)19(2,3)14-10(17(9)24)6-12(21)18(16(14)23)26-7-25-4;/h16-19,22-23H,20-21,24-27H2,1-15H3;3-6,9-12,17-19,53H,7-8,13-16H2,1-2H3,(H,49,50)(H,51,52);5-6H,7H2,1-4H3;1H4. The molecule has 0 bridgehead atoms. The molecule has 144 heavy (non-hydrogen) atoms. The van der Waals surface area contributed by atoms with Crippen LogP contribution in [0.1, 0.15) is 199 Å². The fourth-order valence-electron chi connectivity index (χ4n) is 15.3. The molecule has 0 spiro atoms. The Hall–Kier alpha value is -11.4. The van der Waals surface area contributed by atoms with Gasteiger partial charge < -0.3 is 101 Å². The van der Waals surface area contributed by atoms with E-state index in [1.807, 2.05) is 20.8 Å². The van der Waals surface area contributed by atoms with Gasteiger partial charge in [-0.1, -0.05) is 152 Å². The van der Waals surface area contributed by atoms with E-state index in [4.69, 9.17) is 159 Å². The largest absolute Gasteiger partial charge is 0.505 e. The summed E-state index contributed by atoms with van der Waals surface area (Å²) in [7, 11) is 1.50. The molecule has 0 atom stereocenters. The number of phenols is 1. The minimum atomic E-state index is -1.34. The summed E-state index contributed by atoms with van der Waals surface area (Å²) in [6.45, 7) is 31.4. The SMILES string of the molecule is C.CC(C)(C)OC(=O)CN(CC(=O)OC(C)(C)C)c1ccccc1OCCOc1cc(Br)c(C(=O)OC(C)(C)C)cc1N(CC(=O)OC(C)(C)C)CC(=O)OC(C)(C)C.CC1(C)C2=C(Cl)C(=O)C(Cl)=CC2=C(c2cc(OCCOc3ccccc3N(COC=O)CC(=O)O)c(N(COC=O)CC(=O)O)cc2OC=O)c2cc(Cl)c(O)c(Cl)c21.COCOc1c(Cl)cc2c(c1Cl)C(C)(C)c1c(cc(Cl)c(C)c1Cl)C2=O. The van der Waals surface area contributed by atoms with Gasteiger partial charge >= 0.3 is 41.8 Å². The van der Waals surface area contributed by atoms with E-state index in [0.717, 1.165) is 10.5 Å². The summed E-state index contributed by atoms with van der Waals surface area (Å²) in [4.78, 5) is 155. The van der Waals surface area contributed by atoms with Crippen LogP contribution >= 0.6 is 109 Å². The fourth-order valence-corrected chi connectivity index (χ4v) is 18.6. The van der Waals surface area contributed by atoms with Gasteiger partial charge in [-0.25, -0.2) is 4.79 Å². The van der Waals surface area contributed by atoms with Crippen molar-refractivity contribution >= 4 is 210 Å². The highest BCUT2D eigenvalue weighted by atomic mass is 79.9. The molecule has 42 heteroatoms. The van der Waals surface area contributed by atoms with E-state index in [1.165, 1.54) is 52.2 Å². The van der Waals surface area contributed by atoms with Gasteiger partial charge in [0.25, 0.3) is 19.4 Å². The molecule has 0 heterocycles. The number of carbonyl (C=O) groups excluding carboxylic acids is 10. The molecule has 0 saturated heterocycles. The van der Waals surface area contributed by atoms with Crippen molar-refractivity contribution in [1.29, 1.82) is 0 Å². The van der Waals surface area contributed by atoms with Crippen LogP contribution in [0.3, 0.4) is 0 Å². The molecule has 33 nitrogen and oxygen atoms in total. The second-order valence-electron chi connectivity index (χ2n) is 38.2. The maximum Gasteiger partial charge on any atom is 0.339 e. The minimum Gasteiger partial charge on any atom is -0.505 e. The zero-order valence-corrected chi connectivity index (χ0v) is 89.9. The van der Waals surface area contributed by atoms with Crippen LogP contribution in [-0.4, -0.2) is 209 Å². The summed E-state index contributed by atoms with van der Waals surface area (Å²) in [6, 6.07) is 23.5. The van der Waals surface area contributed by atoms with Crippen LogP contribution in [0.5, 0.6) is 40.2 Å². The van der Waals surface area contributed by atoms with Crippen molar-refractivity contribution in [3.8, 4) is 40.2 Å². The number of carbonyl (C=O) groups is 12. The number of hydrogen-bond acceptors (Lipinski definition) is 31. The van der Waals surface area contributed by atoms with Gasteiger partial charge in [-0.3, -0.25) is 52.7 Å². The number of anilines is 4. The Labute approximate surface area is 883 Å². The quantitative estimate of drug-likeness (QED) is 0.0106. The van der Waals surface area contributed by atoms with Gasteiger partial charge in [0.2, 0.25) is 5.78 Å². The average Bonchev–Trinajstić information content (AvgIpc) is 0.705. The monoisotopic (exact) mass is 2220 g/mol. The molecular formula is C102H115BrCl8N4O29. The lowest BCUT2D eigenvalue weighted by Crippen LogP contribution is -2.40. The topological polar surface area (TPSA) is 408 Å². The van der Waals surface area contributed by atoms with E-state index in [-0.39, 0.29) is 188 Å². The van der Waals surface area contributed by atoms with Crippen LogP contribution in [0.4, 0.5) is 22.7 Å². The van der Waals surface area contributed by atoms with Crippen LogP contribution in [0, 0.1) is 6.92 Å². The zero-order chi connectivity index (χ0) is 107. The highest BCUT2D eigenvalue weighted by Crippen LogP contribution is 2.59. The van der Waals surface area contributed by atoms with Crippen molar-refractivity contribution in [1.82, 2.24) is 0 Å². The van der Waals surface area contributed by atoms with Crippen LogP contribution in [-0.2, 0) is 96.7 Å². The third-order valence-corrected chi connectivity index (χ3v) is 24.0. The Kier molecular flexibility index (Phi) is 41.6. The highest BCUT2D eigenvalue weighted by Gasteiger charge is 2.47. The van der Waals surface area contributed by atoms with Gasteiger partial charge in [0.1, 0.15) is 122 Å². The van der Waals surface area contributed by atoms with Crippen LogP contribution in [0.2, 0.25) is 30.1 Å². The third-order valence-electron chi connectivity index (χ3n) is 20.5. The number of allylic oxidation sites excluding steroid dienone is 5. The summed E-state index contributed by atoms with van der Waals surface area (Å²) in [6.07, 6.45) is 1.37. The summed E-state index contributed by atoms with van der Waals surface area (Å²) in [5, 5.41) is 30.7. The van der Waals surface area contributed by atoms with E-state index < -0.39 is 132 Å². The number of carboxylic acids is 2. The van der Waals surface area contributed by atoms with Crippen LogP contribution in [0.25, 0.3) is 5.57 Å². The molecule has 0 aliphatic heterocycles. The first-order valence-electron chi connectivity index (χ1n) is 43.9. The smallest absolute Gasteiger partial charge is 0.339 e. The Bertz CT molecular complexity index is 6080. The Morgan fingerprint density at radius 1 is 0.438 bits per heavy atom. The maximum atomic E-state index is 13.4. The number of carboxylic acid groups (broad SMARTS) is 2. The molecule has 10 rings (SSSR count). The Morgan fingerprint density at radius 2 is 0.840 bits per heavy atom. The number of halogens is 9. The van der Waals surface area contributed by atoms with Gasteiger partial charge in [-0.2, -0.15) is 0 Å². The predicted octanol–water partition coefficient (Wildman–Crippen LogP) is 21.0. The lowest BCUT2D eigenvalue weighted by Gasteiger charge is -2.40. The number of hydrogen-bond donors (Lipinski definition) is 3. The number of phenolic OH excluding ortho intramolecular Hbond substituents is 1. The first-order chi connectivity index (χ1) is 66.5. The normalized spacial score (nSPS) is 13.3. The average molecular weight is 2220 g/mol. The maximum absolute atomic E-state index is 13.4. The van der Waals surface area contributed by atoms with E-state index in [1.54, 1.807) is 184 Å². The molecule has 3 aliphatic rings. The van der Waals surface area contributed by atoms with Crippen molar-refractivity contribution in [2.45, 2.75) is 185 Å². The van der Waals surface area contributed by atoms with Gasteiger partial charge in [0, 0.05) is 60.8 Å². The zero-order valence-electron chi connectivity index (χ0n) is 82.3. The number of aromatic hydroxyl groups is 1. The van der Waals surface area contributed by atoms with Gasteiger partial charge in [-0.15, -0.1) is 0 Å². The minimum absolute atomic E-state index is 0. The second-order valence-corrected chi connectivity index (χ2v) is 42.2. The number of nitrogens with zero attached hydrogens (tertiary/aromatic N) is 4. The Morgan fingerprint density at radius 3 is 1.28 bits per heavy atom. The highest BCUT2D eigenvalue weighted by molar-refractivity contribution is 9.10. The number of Topliss-reactive ketones (excluding diaryl/α,β-unsaturated/α-hetero) is 1. The van der Waals surface area contributed by atoms with E-state index in [2.05, 4.69) is 15.9 Å². The van der Waals surface area contributed by atoms with E-state index in [9.17, 15) is 72.9 Å². The second kappa shape index (κ2) is 50.1. The van der Waals surface area contributed by atoms with Crippen LogP contribution in [0.15, 0.2) is 123 Å². The molecule has 3 N–H and O–H groups in total. The predicted molar refractivity (Wildman–Crippen MR) is 551 cm³/mol. The number of para-hydroxylation sites is 4. The summed E-state index contributed by atoms with van der Waals surface area (Å²) in [5.74, 6) is -6.21. The molecule has 0 radical (unpaired) electrons. The van der Waals surface area contributed by atoms with Gasteiger partial charge in [-0.05, 0) is 232 Å². The number of methoxy groups -OCH3 is 1. The number of aliphatic carboxylic acids is 2. The summed E-state index contributed by atoms with van der Waals surface area (Å²) >= 11 is 55.7. The molecule has 0 saturated carbocycles. The number of esters is 5. The molecule has 780 valence electrons. The molecule has 7 aromatic carbocycles. The molecule has 7 aromatic rings. The lowest BCUT2D eigenvalue weighted by atomic mass is 9.64. The molecule has 0 unspecified atom stereocenters. The van der Waals surface area contributed by atoms with Crippen LogP contribution < -0.4 is 48.0 Å². The molecular weight excluding hydrogens is 2110 g/mol. The fraction of sp³-hybridized carbons (Fsp3) is 0.412. The summed E-state index contributed by atoms with van der Waals surface area (Å²) < 4.78 is 78.5. The van der Waals surface area contributed by atoms with Gasteiger partial charge in [0.05, 0.1) is 58.5 Å². The van der Waals surface area contributed by atoms with Crippen molar-refractivity contribution in [2.75, 3.05) is 113 Å². The lowest BCUT2D eigenvalue weighted by molar-refractivity contribution is -0.156. The van der Waals surface area contributed by atoms with Crippen molar-refractivity contribution in [3.05, 3.63) is 203 Å².